The van der Waals surface area contributed by atoms with Crippen LogP contribution in [-0.2, 0) is 9.53 Å². The first-order valence-corrected chi connectivity index (χ1v) is 8.78. The van der Waals surface area contributed by atoms with E-state index < -0.39 is 12.1 Å². The van der Waals surface area contributed by atoms with Gasteiger partial charge in [-0.1, -0.05) is 11.6 Å². The molecule has 138 valence electrons. The summed E-state index contributed by atoms with van der Waals surface area (Å²) in [4.78, 5) is 25.8. The fourth-order valence-electron chi connectivity index (χ4n) is 3.39. The Hall–Kier alpha value is -2.31. The van der Waals surface area contributed by atoms with E-state index in [1.165, 1.54) is 0 Å². The number of rotatable bonds is 3. The van der Waals surface area contributed by atoms with E-state index in [1.54, 1.807) is 24.0 Å². The zero-order chi connectivity index (χ0) is 19.0. The molecule has 1 fully saturated rings. The second-order valence-electron chi connectivity index (χ2n) is 6.58. The number of benzene rings is 1. The van der Waals surface area contributed by atoms with Crippen LogP contribution in [0.2, 0.25) is 5.02 Å². The summed E-state index contributed by atoms with van der Waals surface area (Å²) in [5.41, 5.74) is 3.21. The maximum Gasteiger partial charge on any atom is 0.334 e. The van der Waals surface area contributed by atoms with Crippen molar-refractivity contribution in [2.45, 2.75) is 33.0 Å². The smallest absolute Gasteiger partial charge is 0.334 e. The van der Waals surface area contributed by atoms with E-state index in [-0.39, 0.29) is 18.6 Å². The van der Waals surface area contributed by atoms with Gasteiger partial charge in [0.25, 0.3) is 5.91 Å². The summed E-state index contributed by atoms with van der Waals surface area (Å²) in [5.74, 6) is -1.24. The fraction of sp³-hybridized carbons (Fsp3) is 0.368. The van der Waals surface area contributed by atoms with Crippen LogP contribution in [0, 0.1) is 13.8 Å². The molecule has 1 saturated heterocycles. The Morgan fingerprint density at radius 2 is 1.85 bits per heavy atom. The highest BCUT2D eigenvalue weighted by Gasteiger charge is 2.34. The zero-order valence-corrected chi connectivity index (χ0v) is 15.7. The van der Waals surface area contributed by atoms with Crippen molar-refractivity contribution in [3.8, 4) is 5.69 Å². The van der Waals surface area contributed by atoms with Gasteiger partial charge in [0.05, 0.1) is 18.2 Å². The molecule has 1 aromatic carbocycles. The maximum atomic E-state index is 13.0. The number of hydrogen-bond donors (Lipinski definition) is 1. The molecule has 1 aromatic heterocycles. The molecule has 2 atom stereocenters. The van der Waals surface area contributed by atoms with E-state index in [0.29, 0.717) is 17.1 Å². The lowest BCUT2D eigenvalue weighted by Crippen LogP contribution is -2.51. The van der Waals surface area contributed by atoms with Crippen LogP contribution >= 0.6 is 11.6 Å². The third-order valence-corrected chi connectivity index (χ3v) is 4.82. The average Bonchev–Trinajstić information content (AvgIpc) is 2.89. The Kier molecular flexibility index (Phi) is 5.07. The third kappa shape index (κ3) is 3.48. The predicted molar refractivity (Wildman–Crippen MR) is 98.1 cm³/mol. The number of carbonyl (C=O) groups is 2. The monoisotopic (exact) mass is 376 g/mol. The second kappa shape index (κ2) is 7.13. The normalized spacial score (nSPS) is 20.2. The van der Waals surface area contributed by atoms with Crippen molar-refractivity contribution in [2.75, 3.05) is 13.1 Å². The van der Waals surface area contributed by atoms with E-state index >= 15 is 0 Å². The van der Waals surface area contributed by atoms with E-state index in [0.717, 1.165) is 17.1 Å². The van der Waals surface area contributed by atoms with Crippen LogP contribution in [0.4, 0.5) is 0 Å². The van der Waals surface area contributed by atoms with Gasteiger partial charge in [-0.2, -0.15) is 0 Å². The van der Waals surface area contributed by atoms with Crippen molar-refractivity contribution in [3.05, 3.63) is 52.3 Å². The molecule has 0 aliphatic carbocycles. The van der Waals surface area contributed by atoms with Crippen molar-refractivity contribution < 1.29 is 19.4 Å². The predicted octanol–water partition coefficient (Wildman–Crippen LogP) is 3.06. The van der Waals surface area contributed by atoms with Gasteiger partial charge < -0.3 is 19.3 Å². The Bertz CT molecular complexity index is 844. The first kappa shape index (κ1) is 18.5. The molecule has 0 spiro atoms. The van der Waals surface area contributed by atoms with E-state index in [2.05, 4.69) is 0 Å². The number of carbonyl (C=O) groups excluding carboxylic acids is 1. The van der Waals surface area contributed by atoms with Gasteiger partial charge in [-0.3, -0.25) is 4.79 Å². The van der Waals surface area contributed by atoms with Crippen molar-refractivity contribution in [3.63, 3.8) is 0 Å². The highest BCUT2D eigenvalue weighted by molar-refractivity contribution is 6.30. The number of hydrogen-bond acceptors (Lipinski definition) is 3. The molecule has 1 aliphatic rings. The number of nitrogens with zero attached hydrogens (tertiary/aromatic N) is 2. The van der Waals surface area contributed by atoms with Crippen LogP contribution in [-0.4, -0.2) is 51.7 Å². The molecule has 26 heavy (non-hydrogen) atoms. The summed E-state index contributed by atoms with van der Waals surface area (Å²) in [6.07, 6.45) is -1.32. The van der Waals surface area contributed by atoms with Crippen molar-refractivity contribution in [1.29, 1.82) is 0 Å². The second-order valence-corrected chi connectivity index (χ2v) is 7.02. The third-order valence-electron chi connectivity index (χ3n) is 4.57. The average molecular weight is 377 g/mol. The van der Waals surface area contributed by atoms with Gasteiger partial charge in [0.15, 0.2) is 6.10 Å². The Morgan fingerprint density at radius 3 is 2.46 bits per heavy atom. The fourth-order valence-corrected chi connectivity index (χ4v) is 3.52. The number of amides is 1. The highest BCUT2D eigenvalue weighted by Crippen LogP contribution is 2.24. The zero-order valence-electron chi connectivity index (χ0n) is 14.9. The Labute approximate surface area is 156 Å². The van der Waals surface area contributed by atoms with Gasteiger partial charge in [-0.15, -0.1) is 0 Å². The summed E-state index contributed by atoms with van der Waals surface area (Å²) in [5, 5.41) is 9.87. The molecule has 3 rings (SSSR count). The SMILES string of the molecule is Cc1cc(C(=O)N2CC(C(=O)O)O[C@H](C)C2)c(C)n1-c1ccc(Cl)cc1. The Balaban J connectivity index is 1.92. The number of carboxylic acids is 1. The number of carboxylic acid groups (broad SMARTS) is 1. The maximum absolute atomic E-state index is 13.0. The number of aliphatic carboxylic acids is 1. The molecule has 1 aliphatic heterocycles. The van der Waals surface area contributed by atoms with Gasteiger partial charge in [0.2, 0.25) is 0 Å². The summed E-state index contributed by atoms with van der Waals surface area (Å²) >= 11 is 5.96. The molecule has 0 saturated carbocycles. The largest absolute Gasteiger partial charge is 0.479 e. The minimum Gasteiger partial charge on any atom is -0.479 e. The number of aryl methyl sites for hydroxylation is 1. The first-order valence-electron chi connectivity index (χ1n) is 8.40. The quantitative estimate of drug-likeness (QED) is 0.893. The Morgan fingerprint density at radius 1 is 1.19 bits per heavy atom. The molecule has 1 N–H and O–H groups in total. The van der Waals surface area contributed by atoms with Crippen LogP contribution in [0.3, 0.4) is 0 Å². The number of halogens is 1. The van der Waals surface area contributed by atoms with Crippen LogP contribution < -0.4 is 0 Å². The van der Waals surface area contributed by atoms with Crippen LogP contribution in [0.5, 0.6) is 0 Å². The van der Waals surface area contributed by atoms with E-state index in [1.807, 2.05) is 36.6 Å². The summed E-state index contributed by atoms with van der Waals surface area (Å²) < 4.78 is 7.38. The molecular formula is C19H21ClN2O4. The van der Waals surface area contributed by atoms with Crippen molar-refractivity contribution in [2.24, 2.45) is 0 Å². The topological polar surface area (TPSA) is 71.8 Å². The van der Waals surface area contributed by atoms with Crippen LogP contribution in [0.15, 0.2) is 30.3 Å². The lowest BCUT2D eigenvalue weighted by atomic mass is 10.1. The standard InChI is InChI=1S/C19H21ClN2O4/c1-11-8-16(13(3)22(11)15-6-4-14(20)5-7-15)18(23)21-9-12(2)26-17(10-21)19(24)25/h4-8,12,17H,9-10H2,1-3H3,(H,24,25)/t12-,17?/m1/s1. The van der Waals surface area contributed by atoms with Gasteiger partial charge in [-0.25, -0.2) is 4.79 Å². The van der Waals surface area contributed by atoms with E-state index in [9.17, 15) is 14.7 Å². The summed E-state index contributed by atoms with van der Waals surface area (Å²) in [6.45, 7) is 6.00. The molecular weight excluding hydrogens is 356 g/mol. The minimum atomic E-state index is -1.05. The molecule has 2 heterocycles. The van der Waals surface area contributed by atoms with Crippen LogP contribution in [0.25, 0.3) is 5.69 Å². The van der Waals surface area contributed by atoms with Crippen LogP contribution in [0.1, 0.15) is 28.7 Å². The molecule has 2 aromatic rings. The number of morpholine rings is 1. The van der Waals surface area contributed by atoms with E-state index in [4.69, 9.17) is 16.3 Å². The molecule has 1 amide bonds. The van der Waals surface area contributed by atoms with Gasteiger partial charge >= 0.3 is 5.97 Å². The van der Waals surface area contributed by atoms with Gasteiger partial charge in [-0.05, 0) is 51.1 Å². The summed E-state index contributed by atoms with van der Waals surface area (Å²) in [7, 11) is 0. The van der Waals surface area contributed by atoms with Crippen molar-refractivity contribution >= 4 is 23.5 Å². The molecule has 0 bridgehead atoms. The van der Waals surface area contributed by atoms with Gasteiger partial charge in [0, 0.05) is 28.6 Å². The number of aromatic nitrogens is 1. The lowest BCUT2D eigenvalue weighted by molar-refractivity contribution is -0.160. The number of ether oxygens (including phenoxy) is 1. The molecule has 7 heteroatoms. The lowest BCUT2D eigenvalue weighted by Gasteiger charge is -2.35. The molecule has 1 unspecified atom stereocenters. The first-order chi connectivity index (χ1) is 12.3. The molecule has 6 nitrogen and oxygen atoms in total. The highest BCUT2D eigenvalue weighted by atomic mass is 35.5. The van der Waals surface area contributed by atoms with Crippen molar-refractivity contribution in [1.82, 2.24) is 9.47 Å². The van der Waals surface area contributed by atoms with Gasteiger partial charge in [0.1, 0.15) is 0 Å². The summed E-state index contributed by atoms with van der Waals surface area (Å²) in [6, 6.07) is 9.24. The molecule has 0 radical (unpaired) electrons. The minimum absolute atomic E-state index is 0.0448.